The van der Waals surface area contributed by atoms with Gasteiger partial charge in [0.1, 0.15) is 0 Å². The highest BCUT2D eigenvalue weighted by molar-refractivity contribution is 6.23. The molecular weight excluding hydrogens is 360 g/mol. The summed E-state index contributed by atoms with van der Waals surface area (Å²) in [6, 6.07) is 40.3. The van der Waals surface area contributed by atoms with Gasteiger partial charge >= 0.3 is 0 Å². The molecule has 0 amide bonds. The molecule has 138 valence electrons. The quantitative estimate of drug-likeness (QED) is 0.183. The topological polar surface area (TPSA) is 0 Å². The van der Waals surface area contributed by atoms with Gasteiger partial charge in [-0.15, -0.1) is 0 Å². The van der Waals surface area contributed by atoms with E-state index in [0.29, 0.717) is 0 Å². The van der Waals surface area contributed by atoms with Crippen molar-refractivity contribution in [1.82, 2.24) is 0 Å². The zero-order chi connectivity index (χ0) is 19.7. The van der Waals surface area contributed by atoms with Crippen LogP contribution in [0.4, 0.5) is 0 Å². The van der Waals surface area contributed by atoms with Crippen LogP contribution in [0.5, 0.6) is 0 Å². The van der Waals surface area contributed by atoms with Crippen LogP contribution < -0.4 is 0 Å². The lowest BCUT2D eigenvalue weighted by molar-refractivity contribution is 1.78. The van der Waals surface area contributed by atoms with Crippen molar-refractivity contribution in [2.75, 3.05) is 0 Å². The van der Waals surface area contributed by atoms with Gasteiger partial charge in [-0.1, -0.05) is 84.9 Å². The number of rotatable bonds is 0. The van der Waals surface area contributed by atoms with Crippen molar-refractivity contribution in [2.45, 2.75) is 0 Å². The van der Waals surface area contributed by atoms with Crippen LogP contribution >= 0.6 is 0 Å². The first-order chi connectivity index (χ1) is 14.8. The molecule has 0 aliphatic heterocycles. The van der Waals surface area contributed by atoms with Crippen LogP contribution in [-0.4, -0.2) is 0 Å². The maximum atomic E-state index is 2.37. The average Bonchev–Trinajstić information content (AvgIpc) is 2.80. The zero-order valence-corrected chi connectivity index (χ0v) is 16.4. The Bertz CT molecular complexity index is 1780. The van der Waals surface area contributed by atoms with Crippen LogP contribution in [0.25, 0.3) is 64.6 Å². The van der Waals surface area contributed by atoms with E-state index in [-0.39, 0.29) is 0 Å². The highest BCUT2D eigenvalue weighted by Gasteiger charge is 2.08. The average molecular weight is 378 g/mol. The lowest BCUT2D eigenvalue weighted by atomic mass is 9.92. The molecule has 0 atom stereocenters. The highest BCUT2D eigenvalue weighted by Crippen LogP contribution is 2.36. The van der Waals surface area contributed by atoms with Gasteiger partial charge in [0.05, 0.1) is 0 Å². The van der Waals surface area contributed by atoms with E-state index in [1.807, 2.05) is 0 Å². The molecule has 0 bridgehead atoms. The van der Waals surface area contributed by atoms with Gasteiger partial charge in [0.15, 0.2) is 0 Å². The third kappa shape index (κ3) is 2.16. The highest BCUT2D eigenvalue weighted by atomic mass is 14.1. The molecule has 0 spiro atoms. The fraction of sp³-hybridized carbons (Fsp3) is 0. The molecule has 7 aromatic carbocycles. The van der Waals surface area contributed by atoms with E-state index in [2.05, 4.69) is 109 Å². The van der Waals surface area contributed by atoms with E-state index in [1.54, 1.807) is 0 Å². The van der Waals surface area contributed by atoms with E-state index in [4.69, 9.17) is 0 Å². The van der Waals surface area contributed by atoms with E-state index in [1.165, 1.54) is 64.6 Å². The van der Waals surface area contributed by atoms with Gasteiger partial charge in [0.25, 0.3) is 0 Å². The van der Waals surface area contributed by atoms with Gasteiger partial charge in [-0.2, -0.15) is 0 Å². The minimum absolute atomic E-state index is 1.29. The van der Waals surface area contributed by atoms with Crippen molar-refractivity contribution in [2.24, 2.45) is 0 Å². The SMILES string of the molecule is c1ccc2cc3cc4c(ccc5c4ccc4c6ccccc6ccc45)cc3cc2c1. The molecule has 7 rings (SSSR count). The molecule has 0 saturated heterocycles. The number of fused-ring (bicyclic) bond motifs is 9. The van der Waals surface area contributed by atoms with Crippen molar-refractivity contribution in [3.63, 3.8) is 0 Å². The predicted octanol–water partition coefficient (Wildman–Crippen LogP) is 8.61. The first kappa shape index (κ1) is 16.0. The third-order valence-corrected chi connectivity index (χ3v) is 6.56. The Morgan fingerprint density at radius 3 is 1.43 bits per heavy atom. The summed E-state index contributed by atoms with van der Waals surface area (Å²) in [6.45, 7) is 0. The second-order valence-electron chi connectivity index (χ2n) is 8.23. The van der Waals surface area contributed by atoms with Gasteiger partial charge in [0.2, 0.25) is 0 Å². The lowest BCUT2D eigenvalue weighted by Crippen LogP contribution is -1.84. The Labute approximate surface area is 174 Å². The zero-order valence-electron chi connectivity index (χ0n) is 16.4. The standard InChI is InChI=1S/C30H18/c1-2-7-21-16-24-18-30-22(17-23(24)15-20(21)6-1)10-12-28-27-11-9-19-5-3-4-8-25(19)26(27)13-14-29(28)30/h1-18H. The smallest absolute Gasteiger partial charge is 0.00987 e. The van der Waals surface area contributed by atoms with E-state index in [9.17, 15) is 0 Å². The molecule has 0 heteroatoms. The van der Waals surface area contributed by atoms with Gasteiger partial charge in [-0.25, -0.2) is 0 Å². The van der Waals surface area contributed by atoms with Crippen LogP contribution in [0.1, 0.15) is 0 Å². The molecule has 0 nitrogen and oxygen atoms in total. The monoisotopic (exact) mass is 378 g/mol. The number of hydrogen-bond acceptors (Lipinski definition) is 0. The van der Waals surface area contributed by atoms with E-state index in [0.717, 1.165) is 0 Å². The molecule has 0 N–H and O–H groups in total. The molecule has 7 aromatic rings. The van der Waals surface area contributed by atoms with Gasteiger partial charge in [-0.3, -0.25) is 0 Å². The van der Waals surface area contributed by atoms with Crippen LogP contribution in [0.3, 0.4) is 0 Å². The summed E-state index contributed by atoms with van der Waals surface area (Å²) in [4.78, 5) is 0. The maximum Gasteiger partial charge on any atom is -0.00987 e. The maximum absolute atomic E-state index is 2.37. The minimum Gasteiger partial charge on any atom is -0.0616 e. The Morgan fingerprint density at radius 2 is 0.700 bits per heavy atom. The summed E-state index contributed by atoms with van der Waals surface area (Å²) in [5, 5.41) is 15.7. The molecule has 0 aliphatic rings. The van der Waals surface area contributed by atoms with E-state index >= 15 is 0 Å². The predicted molar refractivity (Wildman–Crippen MR) is 131 cm³/mol. The Hall–Kier alpha value is -3.90. The Morgan fingerprint density at radius 1 is 0.233 bits per heavy atom. The van der Waals surface area contributed by atoms with Crippen LogP contribution in [0.2, 0.25) is 0 Å². The summed E-state index contributed by atoms with van der Waals surface area (Å²) in [5.41, 5.74) is 0. The summed E-state index contributed by atoms with van der Waals surface area (Å²) >= 11 is 0. The first-order valence-electron chi connectivity index (χ1n) is 10.4. The molecule has 0 fully saturated rings. The van der Waals surface area contributed by atoms with Crippen molar-refractivity contribution < 1.29 is 0 Å². The van der Waals surface area contributed by atoms with Crippen molar-refractivity contribution in [3.05, 3.63) is 109 Å². The van der Waals surface area contributed by atoms with Crippen LogP contribution in [0, 0.1) is 0 Å². The molecule has 0 aromatic heterocycles. The molecule has 30 heavy (non-hydrogen) atoms. The first-order valence-corrected chi connectivity index (χ1v) is 10.4. The number of hydrogen-bond donors (Lipinski definition) is 0. The van der Waals surface area contributed by atoms with Crippen LogP contribution in [-0.2, 0) is 0 Å². The van der Waals surface area contributed by atoms with Crippen LogP contribution in [0.15, 0.2) is 109 Å². The normalized spacial score (nSPS) is 12.0. The lowest BCUT2D eigenvalue weighted by Gasteiger charge is -2.11. The minimum atomic E-state index is 1.29. The molecule has 0 unspecified atom stereocenters. The second kappa shape index (κ2) is 5.81. The molecule has 0 aliphatic carbocycles. The summed E-state index contributed by atoms with van der Waals surface area (Å²) in [7, 11) is 0. The molecule has 0 saturated carbocycles. The molecular formula is C30H18. The Balaban J connectivity index is 1.61. The third-order valence-electron chi connectivity index (χ3n) is 6.56. The van der Waals surface area contributed by atoms with Gasteiger partial charge < -0.3 is 0 Å². The summed E-state index contributed by atoms with van der Waals surface area (Å²) in [6.07, 6.45) is 0. The van der Waals surface area contributed by atoms with Crippen molar-refractivity contribution in [1.29, 1.82) is 0 Å². The summed E-state index contributed by atoms with van der Waals surface area (Å²) in [5.74, 6) is 0. The fourth-order valence-electron chi connectivity index (χ4n) is 5.08. The van der Waals surface area contributed by atoms with Gasteiger partial charge in [-0.05, 0) is 88.9 Å². The van der Waals surface area contributed by atoms with E-state index < -0.39 is 0 Å². The van der Waals surface area contributed by atoms with Gasteiger partial charge in [0, 0.05) is 0 Å². The number of benzene rings is 7. The largest absolute Gasteiger partial charge is 0.0616 e. The fourth-order valence-corrected chi connectivity index (χ4v) is 5.08. The summed E-state index contributed by atoms with van der Waals surface area (Å²) < 4.78 is 0. The Kier molecular flexibility index (Phi) is 3.09. The molecule has 0 radical (unpaired) electrons. The van der Waals surface area contributed by atoms with Crippen molar-refractivity contribution >= 4 is 64.6 Å². The molecule has 0 heterocycles. The van der Waals surface area contributed by atoms with Crippen molar-refractivity contribution in [3.8, 4) is 0 Å². The second-order valence-corrected chi connectivity index (χ2v) is 8.23.